The van der Waals surface area contributed by atoms with Gasteiger partial charge in [0.15, 0.2) is 0 Å². The van der Waals surface area contributed by atoms with Gasteiger partial charge in [-0.2, -0.15) is 0 Å². The van der Waals surface area contributed by atoms with Crippen molar-refractivity contribution in [3.8, 4) is 0 Å². The molecule has 0 aromatic carbocycles. The third-order valence-corrected chi connectivity index (χ3v) is 2.85. The first-order valence-electron chi connectivity index (χ1n) is 4.66. The molecule has 0 bridgehead atoms. The van der Waals surface area contributed by atoms with E-state index in [-0.39, 0.29) is 17.8 Å². The van der Waals surface area contributed by atoms with Crippen LogP contribution in [0.3, 0.4) is 0 Å². The molecule has 68 valence electrons. The minimum Gasteiger partial charge on any atom is -0.303 e. The molecule has 0 amide bonds. The summed E-state index contributed by atoms with van der Waals surface area (Å²) in [6.45, 7) is 3.81. The summed E-state index contributed by atoms with van der Waals surface area (Å²) in [5, 5.41) is 0. The molecule has 0 aromatic rings. The van der Waals surface area contributed by atoms with Crippen LogP contribution in [0.15, 0.2) is 0 Å². The van der Waals surface area contributed by atoms with E-state index >= 15 is 0 Å². The van der Waals surface area contributed by atoms with Crippen molar-refractivity contribution in [1.82, 2.24) is 0 Å². The van der Waals surface area contributed by atoms with Gasteiger partial charge in [-0.1, -0.05) is 20.3 Å². The maximum Gasteiger partial charge on any atom is 0.139 e. The van der Waals surface area contributed by atoms with E-state index in [0.717, 1.165) is 25.5 Å². The smallest absolute Gasteiger partial charge is 0.139 e. The fraction of sp³-hybridized carbons (Fsp3) is 0.800. The van der Waals surface area contributed by atoms with Gasteiger partial charge in [0.1, 0.15) is 12.1 Å². The van der Waals surface area contributed by atoms with Crippen molar-refractivity contribution in [3.05, 3.63) is 0 Å². The Morgan fingerprint density at radius 3 is 2.75 bits per heavy atom. The van der Waals surface area contributed by atoms with Crippen molar-refractivity contribution in [2.75, 3.05) is 0 Å². The van der Waals surface area contributed by atoms with Crippen LogP contribution in [-0.2, 0) is 9.59 Å². The van der Waals surface area contributed by atoms with E-state index in [1.807, 2.05) is 13.8 Å². The van der Waals surface area contributed by atoms with Crippen molar-refractivity contribution < 1.29 is 9.59 Å². The summed E-state index contributed by atoms with van der Waals surface area (Å²) in [6.07, 6.45) is 3.90. The normalized spacial score (nSPS) is 33.0. The molecule has 2 nitrogen and oxygen atoms in total. The largest absolute Gasteiger partial charge is 0.303 e. The second-order valence-corrected chi connectivity index (χ2v) is 3.84. The average molecular weight is 168 g/mol. The van der Waals surface area contributed by atoms with Crippen molar-refractivity contribution in [3.63, 3.8) is 0 Å². The van der Waals surface area contributed by atoms with Crippen molar-refractivity contribution in [2.24, 2.45) is 17.8 Å². The van der Waals surface area contributed by atoms with Gasteiger partial charge in [0.05, 0.1) is 0 Å². The van der Waals surface area contributed by atoms with Crippen molar-refractivity contribution >= 4 is 12.1 Å². The van der Waals surface area contributed by atoms with E-state index in [9.17, 15) is 9.59 Å². The number of rotatable bonds is 2. The van der Waals surface area contributed by atoms with Gasteiger partial charge in [0.25, 0.3) is 0 Å². The maximum atomic E-state index is 11.6. The zero-order chi connectivity index (χ0) is 9.14. The van der Waals surface area contributed by atoms with Gasteiger partial charge in [-0.15, -0.1) is 0 Å². The minimum atomic E-state index is -0.0831. The summed E-state index contributed by atoms with van der Waals surface area (Å²) in [7, 11) is 0. The number of aldehydes is 1. The van der Waals surface area contributed by atoms with Crippen LogP contribution >= 0.6 is 0 Å². The Bertz CT molecular complexity index is 186. The second-order valence-electron chi connectivity index (χ2n) is 3.84. The lowest BCUT2D eigenvalue weighted by Crippen LogP contribution is -2.31. The van der Waals surface area contributed by atoms with Gasteiger partial charge in [0, 0.05) is 17.8 Å². The van der Waals surface area contributed by atoms with Crippen LogP contribution in [0.5, 0.6) is 0 Å². The Balaban J connectivity index is 2.63. The standard InChI is InChI=1S/C10H16O2/c1-7-4-3-5-9(10(7)12)8(2)6-11/h6-9H,3-5H2,1-2H3. The number of carbonyl (C=O) groups is 2. The van der Waals surface area contributed by atoms with Crippen LogP contribution in [-0.4, -0.2) is 12.1 Å². The molecule has 0 heterocycles. The van der Waals surface area contributed by atoms with E-state index in [2.05, 4.69) is 0 Å². The van der Waals surface area contributed by atoms with E-state index in [1.165, 1.54) is 0 Å². The monoisotopic (exact) mass is 168 g/mol. The maximum absolute atomic E-state index is 11.6. The molecule has 12 heavy (non-hydrogen) atoms. The van der Waals surface area contributed by atoms with Crippen LogP contribution in [0, 0.1) is 17.8 Å². The number of hydrogen-bond acceptors (Lipinski definition) is 2. The number of carbonyl (C=O) groups excluding carboxylic acids is 2. The van der Waals surface area contributed by atoms with Crippen LogP contribution in [0.1, 0.15) is 33.1 Å². The Morgan fingerprint density at radius 1 is 1.50 bits per heavy atom. The van der Waals surface area contributed by atoms with Crippen LogP contribution in [0.25, 0.3) is 0 Å². The molecule has 0 saturated heterocycles. The first-order chi connectivity index (χ1) is 5.66. The van der Waals surface area contributed by atoms with Gasteiger partial charge in [-0.3, -0.25) is 4.79 Å². The van der Waals surface area contributed by atoms with E-state index < -0.39 is 0 Å². The van der Waals surface area contributed by atoms with E-state index in [0.29, 0.717) is 5.78 Å². The molecular formula is C10H16O2. The van der Waals surface area contributed by atoms with E-state index in [4.69, 9.17) is 0 Å². The Morgan fingerprint density at radius 2 is 2.17 bits per heavy atom. The summed E-state index contributed by atoms with van der Waals surface area (Å²) in [6, 6.07) is 0. The van der Waals surface area contributed by atoms with Crippen LogP contribution in [0.2, 0.25) is 0 Å². The van der Waals surface area contributed by atoms with Gasteiger partial charge < -0.3 is 4.79 Å². The molecule has 1 fully saturated rings. The highest BCUT2D eigenvalue weighted by Crippen LogP contribution is 2.29. The van der Waals surface area contributed by atoms with Gasteiger partial charge in [-0.05, 0) is 12.8 Å². The first kappa shape index (κ1) is 9.43. The lowest BCUT2D eigenvalue weighted by molar-refractivity contribution is -0.132. The molecule has 0 N–H and O–H groups in total. The summed E-state index contributed by atoms with van der Waals surface area (Å²) in [5.74, 6) is 0.387. The Hall–Kier alpha value is -0.660. The molecule has 1 rings (SSSR count). The Labute approximate surface area is 73.3 Å². The SMILES string of the molecule is CC1CCCC(C(C)C=O)C1=O. The van der Waals surface area contributed by atoms with Crippen molar-refractivity contribution in [1.29, 1.82) is 0 Å². The number of Topliss-reactive ketones (excluding diaryl/α,β-unsaturated/α-hetero) is 1. The molecule has 2 heteroatoms. The third-order valence-electron chi connectivity index (χ3n) is 2.85. The zero-order valence-electron chi connectivity index (χ0n) is 7.75. The van der Waals surface area contributed by atoms with E-state index in [1.54, 1.807) is 0 Å². The molecule has 0 aromatic heterocycles. The molecule has 0 aliphatic heterocycles. The number of ketones is 1. The molecule has 1 aliphatic rings. The van der Waals surface area contributed by atoms with Crippen LogP contribution in [0.4, 0.5) is 0 Å². The molecule has 1 saturated carbocycles. The predicted octanol–water partition coefficient (Wildman–Crippen LogP) is 1.83. The summed E-state index contributed by atoms with van der Waals surface area (Å²) >= 11 is 0. The highest BCUT2D eigenvalue weighted by Gasteiger charge is 2.31. The van der Waals surface area contributed by atoms with Crippen molar-refractivity contribution in [2.45, 2.75) is 33.1 Å². The zero-order valence-corrected chi connectivity index (χ0v) is 7.75. The highest BCUT2D eigenvalue weighted by atomic mass is 16.1. The highest BCUT2D eigenvalue weighted by molar-refractivity contribution is 5.86. The summed E-state index contributed by atoms with van der Waals surface area (Å²) in [4.78, 5) is 22.1. The predicted molar refractivity (Wildman–Crippen MR) is 46.7 cm³/mol. The molecule has 1 aliphatic carbocycles. The molecule has 3 atom stereocenters. The lowest BCUT2D eigenvalue weighted by atomic mass is 9.76. The average Bonchev–Trinajstić information content (AvgIpc) is 2.08. The summed E-state index contributed by atoms with van der Waals surface area (Å²) < 4.78 is 0. The van der Waals surface area contributed by atoms with Gasteiger partial charge >= 0.3 is 0 Å². The molecular weight excluding hydrogens is 152 g/mol. The molecule has 0 spiro atoms. The van der Waals surface area contributed by atoms with Crippen LogP contribution < -0.4 is 0 Å². The molecule has 0 radical (unpaired) electrons. The fourth-order valence-electron chi connectivity index (χ4n) is 1.91. The fourth-order valence-corrected chi connectivity index (χ4v) is 1.91. The molecule has 3 unspecified atom stereocenters. The number of hydrogen-bond donors (Lipinski definition) is 0. The lowest BCUT2D eigenvalue weighted by Gasteiger charge is -2.27. The van der Waals surface area contributed by atoms with Gasteiger partial charge in [0.2, 0.25) is 0 Å². The quantitative estimate of drug-likeness (QED) is 0.589. The first-order valence-corrected chi connectivity index (χ1v) is 4.66. The second kappa shape index (κ2) is 3.83. The summed E-state index contributed by atoms with van der Waals surface area (Å²) in [5.41, 5.74) is 0. The third kappa shape index (κ3) is 1.74. The van der Waals surface area contributed by atoms with Gasteiger partial charge in [-0.25, -0.2) is 0 Å². The topological polar surface area (TPSA) is 34.1 Å². The Kier molecular flexibility index (Phi) is 3.01. The minimum absolute atomic E-state index is 0.00579.